The van der Waals surface area contributed by atoms with Gasteiger partial charge in [-0.25, -0.2) is 9.97 Å². The van der Waals surface area contributed by atoms with E-state index in [2.05, 4.69) is 27.2 Å². The second kappa shape index (κ2) is 6.74. The Balaban J connectivity index is 1.52. The van der Waals surface area contributed by atoms with E-state index in [-0.39, 0.29) is 5.91 Å². The molecule has 0 spiro atoms. The first-order chi connectivity index (χ1) is 12.6. The van der Waals surface area contributed by atoms with Crippen LogP contribution in [0.2, 0.25) is 0 Å². The predicted molar refractivity (Wildman–Crippen MR) is 98.4 cm³/mol. The zero-order valence-electron chi connectivity index (χ0n) is 14.9. The van der Waals surface area contributed by atoms with Crippen LogP contribution < -0.4 is 5.32 Å². The van der Waals surface area contributed by atoms with Gasteiger partial charge in [0.25, 0.3) is 5.91 Å². The molecule has 3 heterocycles. The Kier molecular flexibility index (Phi) is 4.28. The number of aromatic nitrogens is 3. The molecule has 7 heteroatoms. The number of nitrogens with zero attached hydrogens (tertiary/aromatic N) is 4. The summed E-state index contributed by atoms with van der Waals surface area (Å²) in [6.07, 6.45) is 3.80. The Morgan fingerprint density at radius 2 is 2.15 bits per heavy atom. The van der Waals surface area contributed by atoms with Crippen LogP contribution in [0.3, 0.4) is 0 Å². The summed E-state index contributed by atoms with van der Waals surface area (Å²) >= 11 is 0. The Bertz CT molecular complexity index is 919. The van der Waals surface area contributed by atoms with E-state index in [0.717, 1.165) is 25.0 Å². The molecule has 26 heavy (non-hydrogen) atoms. The van der Waals surface area contributed by atoms with Crippen molar-refractivity contribution in [3.05, 3.63) is 41.7 Å². The number of nitrogens with one attached hydrogen (secondary N) is 1. The third-order valence-corrected chi connectivity index (χ3v) is 4.67. The minimum Gasteiger partial charge on any atom is -0.423 e. The molecule has 1 fully saturated rings. The van der Waals surface area contributed by atoms with E-state index in [0.29, 0.717) is 34.7 Å². The molecule has 2 aromatic heterocycles. The summed E-state index contributed by atoms with van der Waals surface area (Å²) in [5, 5.41) is 2.96. The summed E-state index contributed by atoms with van der Waals surface area (Å²) in [6.45, 7) is 5.59. The molecule has 4 rings (SSSR count). The van der Waals surface area contributed by atoms with Gasteiger partial charge in [-0.15, -0.1) is 0 Å². The van der Waals surface area contributed by atoms with Crippen molar-refractivity contribution in [3.63, 3.8) is 0 Å². The first-order valence-corrected chi connectivity index (χ1v) is 8.85. The highest BCUT2D eigenvalue weighted by Crippen LogP contribution is 2.22. The molecular formula is C19H21N5O2. The smallest absolute Gasteiger partial charge is 0.302 e. The van der Waals surface area contributed by atoms with Crippen LogP contribution in [-0.4, -0.2) is 38.8 Å². The lowest BCUT2D eigenvalue weighted by Gasteiger charge is -2.31. The monoisotopic (exact) mass is 351 g/mol. The van der Waals surface area contributed by atoms with Gasteiger partial charge in [0.15, 0.2) is 5.58 Å². The van der Waals surface area contributed by atoms with Crippen LogP contribution >= 0.6 is 0 Å². The van der Waals surface area contributed by atoms with E-state index in [1.165, 1.54) is 6.42 Å². The summed E-state index contributed by atoms with van der Waals surface area (Å²) in [5.41, 5.74) is 2.64. The number of para-hydroxylation sites is 2. The van der Waals surface area contributed by atoms with E-state index in [9.17, 15) is 4.79 Å². The number of anilines is 2. The maximum atomic E-state index is 12.7. The summed E-state index contributed by atoms with van der Waals surface area (Å²) in [5.74, 6) is 0.897. The lowest BCUT2D eigenvalue weighted by Crippen LogP contribution is -2.39. The van der Waals surface area contributed by atoms with Crippen molar-refractivity contribution in [1.29, 1.82) is 0 Å². The highest BCUT2D eigenvalue weighted by atomic mass is 16.4. The standard InChI is InChI=1S/C19H21N5O2/c1-12-6-5-9-24(11-12)17(25)14-10-20-18(21-13(14)2)23-19-22-15-7-3-4-8-16(15)26-19/h3-4,7-8,10,12H,5-6,9,11H2,1-2H3,(H,20,21,22,23)/t12-/m0/s1. The van der Waals surface area contributed by atoms with Gasteiger partial charge in [-0.1, -0.05) is 19.1 Å². The minimum absolute atomic E-state index is 0.00228. The molecule has 0 saturated carbocycles. The van der Waals surface area contributed by atoms with Crippen molar-refractivity contribution >= 4 is 29.0 Å². The molecule has 1 aliphatic heterocycles. The molecule has 3 aromatic rings. The number of rotatable bonds is 3. The second-order valence-corrected chi connectivity index (χ2v) is 6.80. The minimum atomic E-state index is 0.00228. The average Bonchev–Trinajstić information content (AvgIpc) is 3.03. The largest absolute Gasteiger partial charge is 0.423 e. The summed E-state index contributed by atoms with van der Waals surface area (Å²) in [6, 6.07) is 7.84. The van der Waals surface area contributed by atoms with Gasteiger partial charge >= 0.3 is 6.01 Å². The van der Waals surface area contributed by atoms with Gasteiger partial charge in [0.1, 0.15) is 5.52 Å². The van der Waals surface area contributed by atoms with E-state index in [4.69, 9.17) is 4.42 Å². The molecular weight excluding hydrogens is 330 g/mol. The normalized spacial score (nSPS) is 17.5. The van der Waals surface area contributed by atoms with Crippen LogP contribution in [0, 0.1) is 12.8 Å². The lowest BCUT2D eigenvalue weighted by molar-refractivity contribution is 0.0681. The SMILES string of the molecule is Cc1nc(Nc2nc3ccccc3o2)ncc1C(=O)N1CCC[C@H](C)C1. The fourth-order valence-corrected chi connectivity index (χ4v) is 3.30. The molecule has 1 aliphatic rings. The summed E-state index contributed by atoms with van der Waals surface area (Å²) < 4.78 is 5.62. The van der Waals surface area contributed by atoms with Gasteiger partial charge in [0.2, 0.25) is 5.95 Å². The maximum absolute atomic E-state index is 12.7. The van der Waals surface area contributed by atoms with Crippen molar-refractivity contribution in [2.45, 2.75) is 26.7 Å². The number of oxazole rings is 1. The number of likely N-dealkylation sites (tertiary alicyclic amines) is 1. The van der Waals surface area contributed by atoms with Crippen LogP contribution in [0.1, 0.15) is 35.8 Å². The average molecular weight is 351 g/mol. The number of aryl methyl sites for hydroxylation is 1. The van der Waals surface area contributed by atoms with Crippen LogP contribution in [0.15, 0.2) is 34.9 Å². The number of hydrogen-bond acceptors (Lipinski definition) is 6. The third kappa shape index (κ3) is 3.24. The van der Waals surface area contributed by atoms with Crippen LogP contribution in [-0.2, 0) is 0 Å². The van der Waals surface area contributed by atoms with E-state index in [1.807, 2.05) is 36.1 Å². The van der Waals surface area contributed by atoms with Gasteiger partial charge in [0, 0.05) is 19.3 Å². The first-order valence-electron chi connectivity index (χ1n) is 8.85. The number of benzene rings is 1. The lowest BCUT2D eigenvalue weighted by atomic mass is 9.99. The first kappa shape index (κ1) is 16.5. The van der Waals surface area contributed by atoms with Crippen molar-refractivity contribution in [2.24, 2.45) is 5.92 Å². The number of carbonyl (C=O) groups excluding carboxylic acids is 1. The zero-order valence-corrected chi connectivity index (χ0v) is 14.9. The van der Waals surface area contributed by atoms with E-state index >= 15 is 0 Å². The van der Waals surface area contributed by atoms with Gasteiger partial charge in [-0.3, -0.25) is 10.1 Å². The van der Waals surface area contributed by atoms with Gasteiger partial charge in [0.05, 0.1) is 11.3 Å². The number of amides is 1. The van der Waals surface area contributed by atoms with Crippen molar-refractivity contribution in [3.8, 4) is 0 Å². The molecule has 1 atom stereocenters. The van der Waals surface area contributed by atoms with E-state index < -0.39 is 0 Å². The van der Waals surface area contributed by atoms with Crippen molar-refractivity contribution in [2.75, 3.05) is 18.4 Å². The highest BCUT2D eigenvalue weighted by molar-refractivity contribution is 5.95. The van der Waals surface area contributed by atoms with Crippen molar-refractivity contribution in [1.82, 2.24) is 19.9 Å². The molecule has 134 valence electrons. The molecule has 1 amide bonds. The van der Waals surface area contributed by atoms with Gasteiger partial charge < -0.3 is 9.32 Å². The highest BCUT2D eigenvalue weighted by Gasteiger charge is 2.24. The van der Waals surface area contributed by atoms with E-state index in [1.54, 1.807) is 6.20 Å². The van der Waals surface area contributed by atoms with Gasteiger partial charge in [-0.05, 0) is 37.8 Å². The summed E-state index contributed by atoms with van der Waals surface area (Å²) in [7, 11) is 0. The quantitative estimate of drug-likeness (QED) is 0.777. The number of fused-ring (bicyclic) bond motifs is 1. The van der Waals surface area contributed by atoms with Crippen LogP contribution in [0.4, 0.5) is 12.0 Å². The molecule has 1 aromatic carbocycles. The van der Waals surface area contributed by atoms with Gasteiger partial charge in [-0.2, -0.15) is 4.98 Å². The van der Waals surface area contributed by atoms with Crippen LogP contribution in [0.25, 0.3) is 11.1 Å². The predicted octanol–water partition coefficient (Wildman–Crippen LogP) is 3.54. The molecule has 0 aliphatic carbocycles. The fraction of sp³-hybridized carbons (Fsp3) is 0.368. The Morgan fingerprint density at radius 3 is 2.92 bits per heavy atom. The number of carbonyl (C=O) groups is 1. The molecule has 0 bridgehead atoms. The molecule has 0 unspecified atom stereocenters. The van der Waals surface area contributed by atoms with Crippen molar-refractivity contribution < 1.29 is 9.21 Å². The molecule has 1 N–H and O–H groups in total. The topological polar surface area (TPSA) is 84.1 Å². The zero-order chi connectivity index (χ0) is 18.1. The Hall–Kier alpha value is -2.96. The second-order valence-electron chi connectivity index (χ2n) is 6.80. The van der Waals surface area contributed by atoms with Crippen LogP contribution in [0.5, 0.6) is 0 Å². The molecule has 7 nitrogen and oxygen atoms in total. The Morgan fingerprint density at radius 1 is 1.31 bits per heavy atom. The molecule has 1 saturated heterocycles. The third-order valence-electron chi connectivity index (χ3n) is 4.67. The fourth-order valence-electron chi connectivity index (χ4n) is 3.30. The number of hydrogen-bond donors (Lipinski definition) is 1. The maximum Gasteiger partial charge on any atom is 0.302 e. The Labute approximate surface area is 151 Å². The number of piperidine rings is 1. The molecule has 0 radical (unpaired) electrons. The summed E-state index contributed by atoms with van der Waals surface area (Å²) in [4.78, 5) is 27.7.